The third-order valence-electron chi connectivity index (χ3n) is 3.24. The van der Waals surface area contributed by atoms with Crippen molar-refractivity contribution in [2.24, 2.45) is 0 Å². The van der Waals surface area contributed by atoms with Crippen LogP contribution in [0.1, 0.15) is 16.1 Å². The Balaban J connectivity index is 1.63. The van der Waals surface area contributed by atoms with E-state index >= 15 is 0 Å². The highest BCUT2D eigenvalue weighted by atomic mass is 79.9. The Morgan fingerprint density at radius 3 is 3.09 bits per heavy atom. The summed E-state index contributed by atoms with van der Waals surface area (Å²) in [7, 11) is 0. The summed E-state index contributed by atoms with van der Waals surface area (Å²) < 4.78 is 3.96. The Hall–Kier alpha value is -1.37. The molecule has 1 aromatic carbocycles. The summed E-state index contributed by atoms with van der Waals surface area (Å²) in [6.45, 7) is 1.43. The van der Waals surface area contributed by atoms with Gasteiger partial charge in [-0.05, 0) is 18.6 Å². The number of hydrogen-bond acceptors (Lipinski definition) is 3. The normalized spacial score (nSPS) is 11.0. The molecule has 1 amide bonds. The molecule has 0 aliphatic heterocycles. The molecule has 3 rings (SSSR count). The van der Waals surface area contributed by atoms with Crippen LogP contribution in [-0.4, -0.2) is 22.0 Å². The number of amides is 1. The van der Waals surface area contributed by atoms with Gasteiger partial charge in [0, 0.05) is 40.0 Å². The Kier molecular flexibility index (Phi) is 4.81. The Morgan fingerprint density at radius 2 is 2.32 bits per heavy atom. The van der Waals surface area contributed by atoms with Crippen LogP contribution in [0.15, 0.2) is 41.4 Å². The van der Waals surface area contributed by atoms with Crippen molar-refractivity contribution >= 4 is 54.9 Å². The van der Waals surface area contributed by atoms with Crippen molar-refractivity contribution in [2.45, 2.75) is 13.0 Å². The van der Waals surface area contributed by atoms with Crippen LogP contribution in [0.4, 0.5) is 0 Å². The molecule has 3 aromatic rings. The SMILES string of the molecule is O=C(NCCCn1ccnc1)c1sc2cc(Br)ccc2c1Cl. The Labute approximate surface area is 145 Å². The van der Waals surface area contributed by atoms with Gasteiger partial charge < -0.3 is 9.88 Å². The van der Waals surface area contributed by atoms with E-state index in [1.54, 1.807) is 12.5 Å². The smallest absolute Gasteiger partial charge is 0.262 e. The quantitative estimate of drug-likeness (QED) is 0.650. The third-order valence-corrected chi connectivity index (χ3v) is 5.38. The van der Waals surface area contributed by atoms with E-state index in [1.165, 1.54) is 11.3 Å². The number of aromatic nitrogens is 2. The molecular formula is C15H13BrClN3OS. The summed E-state index contributed by atoms with van der Waals surface area (Å²) in [6.07, 6.45) is 6.26. The number of hydrogen-bond donors (Lipinski definition) is 1. The number of fused-ring (bicyclic) bond motifs is 1. The van der Waals surface area contributed by atoms with Crippen molar-refractivity contribution < 1.29 is 4.79 Å². The fraction of sp³-hybridized carbons (Fsp3) is 0.200. The molecule has 0 unspecified atom stereocenters. The molecule has 0 saturated carbocycles. The van der Waals surface area contributed by atoms with Crippen LogP contribution in [-0.2, 0) is 6.54 Å². The van der Waals surface area contributed by atoms with E-state index in [0.717, 1.165) is 27.5 Å². The summed E-state index contributed by atoms with van der Waals surface area (Å²) in [5.41, 5.74) is 0. The predicted molar refractivity (Wildman–Crippen MR) is 93.7 cm³/mol. The molecule has 114 valence electrons. The number of imidazole rings is 1. The molecule has 0 bridgehead atoms. The summed E-state index contributed by atoms with van der Waals surface area (Å²) in [5.74, 6) is -0.118. The number of rotatable bonds is 5. The number of benzene rings is 1. The minimum atomic E-state index is -0.118. The van der Waals surface area contributed by atoms with Gasteiger partial charge in [-0.15, -0.1) is 11.3 Å². The van der Waals surface area contributed by atoms with Crippen LogP contribution in [0.5, 0.6) is 0 Å². The zero-order valence-electron chi connectivity index (χ0n) is 11.6. The molecule has 0 radical (unpaired) electrons. The molecule has 0 aliphatic carbocycles. The summed E-state index contributed by atoms with van der Waals surface area (Å²) in [5, 5.41) is 4.36. The van der Waals surface area contributed by atoms with Crippen LogP contribution in [0, 0.1) is 0 Å². The van der Waals surface area contributed by atoms with Gasteiger partial charge in [0.15, 0.2) is 0 Å². The average molecular weight is 399 g/mol. The van der Waals surface area contributed by atoms with Crippen LogP contribution < -0.4 is 5.32 Å². The van der Waals surface area contributed by atoms with Gasteiger partial charge in [0.25, 0.3) is 5.91 Å². The van der Waals surface area contributed by atoms with Gasteiger partial charge in [-0.25, -0.2) is 4.98 Å². The topological polar surface area (TPSA) is 46.9 Å². The molecule has 4 nitrogen and oxygen atoms in total. The van der Waals surface area contributed by atoms with E-state index in [9.17, 15) is 4.79 Å². The van der Waals surface area contributed by atoms with Gasteiger partial charge in [-0.3, -0.25) is 4.79 Å². The van der Waals surface area contributed by atoms with E-state index in [0.29, 0.717) is 16.4 Å². The first-order chi connectivity index (χ1) is 10.6. The third kappa shape index (κ3) is 3.34. The first kappa shape index (κ1) is 15.5. The van der Waals surface area contributed by atoms with Crippen molar-refractivity contribution in [2.75, 3.05) is 6.54 Å². The predicted octanol–water partition coefficient (Wildman–Crippen LogP) is 4.33. The zero-order valence-corrected chi connectivity index (χ0v) is 14.7. The second-order valence-electron chi connectivity index (χ2n) is 4.80. The molecule has 2 heterocycles. The number of halogens is 2. The van der Waals surface area contributed by atoms with E-state index in [-0.39, 0.29) is 5.91 Å². The fourth-order valence-electron chi connectivity index (χ4n) is 2.15. The lowest BCUT2D eigenvalue weighted by molar-refractivity contribution is 0.0957. The highest BCUT2D eigenvalue weighted by Crippen LogP contribution is 2.36. The maximum atomic E-state index is 12.3. The number of carbonyl (C=O) groups excluding carboxylic acids is 1. The van der Waals surface area contributed by atoms with Crippen molar-refractivity contribution in [3.05, 3.63) is 51.3 Å². The molecule has 1 N–H and O–H groups in total. The minimum absolute atomic E-state index is 0.118. The highest BCUT2D eigenvalue weighted by Gasteiger charge is 2.16. The van der Waals surface area contributed by atoms with E-state index in [2.05, 4.69) is 26.2 Å². The molecule has 0 fully saturated rings. The first-order valence-electron chi connectivity index (χ1n) is 6.76. The second kappa shape index (κ2) is 6.81. The maximum Gasteiger partial charge on any atom is 0.262 e. The summed E-state index contributed by atoms with van der Waals surface area (Å²) in [6, 6.07) is 5.82. The molecule has 2 aromatic heterocycles. The largest absolute Gasteiger partial charge is 0.351 e. The van der Waals surface area contributed by atoms with Crippen molar-refractivity contribution in [1.29, 1.82) is 0 Å². The molecule has 0 atom stereocenters. The minimum Gasteiger partial charge on any atom is -0.351 e. The summed E-state index contributed by atoms with van der Waals surface area (Å²) >= 11 is 11.2. The first-order valence-corrected chi connectivity index (χ1v) is 8.75. The lowest BCUT2D eigenvalue weighted by atomic mass is 10.2. The highest BCUT2D eigenvalue weighted by molar-refractivity contribution is 9.10. The molecule has 0 spiro atoms. The Bertz CT molecular complexity index is 801. The molecule has 7 heteroatoms. The van der Waals surface area contributed by atoms with Gasteiger partial charge in [-0.1, -0.05) is 33.6 Å². The molecular weight excluding hydrogens is 386 g/mol. The van der Waals surface area contributed by atoms with Gasteiger partial charge in [0.2, 0.25) is 0 Å². The van der Waals surface area contributed by atoms with Crippen molar-refractivity contribution in [1.82, 2.24) is 14.9 Å². The molecule has 0 saturated heterocycles. The summed E-state index contributed by atoms with van der Waals surface area (Å²) in [4.78, 5) is 16.8. The fourth-order valence-corrected chi connectivity index (χ4v) is 4.13. The van der Waals surface area contributed by atoms with E-state index < -0.39 is 0 Å². The van der Waals surface area contributed by atoms with Crippen LogP contribution in [0.3, 0.4) is 0 Å². The number of nitrogens with one attached hydrogen (secondary N) is 1. The number of nitrogens with zero attached hydrogens (tertiary/aromatic N) is 2. The van der Waals surface area contributed by atoms with E-state index in [1.807, 2.05) is 29.0 Å². The zero-order chi connectivity index (χ0) is 15.5. The molecule has 22 heavy (non-hydrogen) atoms. The average Bonchev–Trinajstić information content (AvgIpc) is 3.11. The lowest BCUT2D eigenvalue weighted by Gasteiger charge is -2.04. The maximum absolute atomic E-state index is 12.3. The molecule has 0 aliphatic rings. The number of thiophene rings is 1. The van der Waals surface area contributed by atoms with E-state index in [4.69, 9.17) is 11.6 Å². The van der Waals surface area contributed by atoms with Gasteiger partial charge in [0.1, 0.15) is 4.88 Å². The van der Waals surface area contributed by atoms with Gasteiger partial charge >= 0.3 is 0 Å². The standard InChI is InChI=1S/C15H13BrClN3OS/c16-10-2-3-11-12(8-10)22-14(13(11)17)15(21)19-4-1-6-20-7-5-18-9-20/h2-3,5,7-9H,1,4,6H2,(H,19,21). The lowest BCUT2D eigenvalue weighted by Crippen LogP contribution is -2.24. The second-order valence-corrected chi connectivity index (χ2v) is 7.14. The van der Waals surface area contributed by atoms with Crippen molar-refractivity contribution in [3.63, 3.8) is 0 Å². The van der Waals surface area contributed by atoms with Crippen LogP contribution >= 0.6 is 38.9 Å². The Morgan fingerprint density at radius 1 is 1.45 bits per heavy atom. The number of aryl methyl sites for hydroxylation is 1. The number of carbonyl (C=O) groups is 1. The van der Waals surface area contributed by atoms with Crippen LogP contribution in [0.2, 0.25) is 5.02 Å². The van der Waals surface area contributed by atoms with Crippen molar-refractivity contribution in [3.8, 4) is 0 Å². The van der Waals surface area contributed by atoms with Crippen LogP contribution in [0.25, 0.3) is 10.1 Å². The monoisotopic (exact) mass is 397 g/mol. The van der Waals surface area contributed by atoms with Gasteiger partial charge in [-0.2, -0.15) is 0 Å². The van der Waals surface area contributed by atoms with Gasteiger partial charge in [0.05, 0.1) is 11.3 Å².